The summed E-state index contributed by atoms with van der Waals surface area (Å²) in [5, 5.41) is 14.5. The second kappa shape index (κ2) is 13.3. The molecule has 1 unspecified atom stereocenters. The number of ether oxygens (including phenoxy) is 2. The Labute approximate surface area is 276 Å². The molecule has 7 heteroatoms. The number of hydrogen-bond acceptors (Lipinski definition) is 7. The number of aryl methyl sites for hydroxylation is 2. The van der Waals surface area contributed by atoms with Gasteiger partial charge < -0.3 is 14.6 Å². The third-order valence-electron chi connectivity index (χ3n) is 10.1. The van der Waals surface area contributed by atoms with E-state index in [-0.39, 0.29) is 6.04 Å². The summed E-state index contributed by atoms with van der Waals surface area (Å²) < 4.78 is 11.3. The summed E-state index contributed by atoms with van der Waals surface area (Å²) in [6.45, 7) is 8.68. The van der Waals surface area contributed by atoms with Gasteiger partial charge >= 0.3 is 0 Å². The van der Waals surface area contributed by atoms with Gasteiger partial charge in [-0.25, -0.2) is 9.97 Å². The van der Waals surface area contributed by atoms with Crippen molar-refractivity contribution in [1.29, 1.82) is 0 Å². The van der Waals surface area contributed by atoms with Crippen LogP contribution in [-0.4, -0.2) is 51.2 Å². The number of benzene rings is 3. The van der Waals surface area contributed by atoms with E-state index in [9.17, 15) is 5.11 Å². The van der Waals surface area contributed by atoms with Gasteiger partial charge in [0.2, 0.25) is 11.8 Å². The first kappa shape index (κ1) is 31.0. The summed E-state index contributed by atoms with van der Waals surface area (Å²) in [5.41, 5.74) is 6.03. The van der Waals surface area contributed by atoms with Crippen LogP contribution < -0.4 is 9.47 Å². The minimum Gasteiger partial charge on any atom is -0.497 e. The fourth-order valence-corrected chi connectivity index (χ4v) is 7.56. The molecule has 0 spiro atoms. The standard InChI is InChI=1S/C20H26N2O2.C20H16N2O/c1-3-13-12-22-9-7-14(13)10-19(22)20(23)16-6-8-21-18-5-4-15(24-2)11-17(16)18;1-13-11-19(21-17-9-5-3-7-15(13)17)23-20-12-14(2)16-8-4-6-10-18(16)22-20/h4-6,8,11,13-14,19-20,23H,3,7,9-10,12H2,1-2H3;3-12H,1-2H3/t13-,14-,19-,20+;/m0./s1. The van der Waals surface area contributed by atoms with Gasteiger partial charge in [0.1, 0.15) is 5.75 Å². The molecule has 7 nitrogen and oxygen atoms in total. The maximum absolute atomic E-state index is 11.2. The molecule has 3 aromatic heterocycles. The Morgan fingerprint density at radius 2 is 1.49 bits per heavy atom. The average molecular weight is 627 g/mol. The van der Waals surface area contributed by atoms with Crippen LogP contribution in [0, 0.1) is 25.7 Å². The summed E-state index contributed by atoms with van der Waals surface area (Å²) in [4.78, 5) is 16.1. The van der Waals surface area contributed by atoms with Gasteiger partial charge in [0.15, 0.2) is 0 Å². The highest BCUT2D eigenvalue weighted by Crippen LogP contribution is 2.43. The highest BCUT2D eigenvalue weighted by Gasteiger charge is 2.42. The molecule has 9 rings (SSSR count). The first-order chi connectivity index (χ1) is 22.9. The largest absolute Gasteiger partial charge is 0.497 e. The predicted octanol–water partition coefficient (Wildman–Crippen LogP) is 8.59. The number of piperidine rings is 3. The van der Waals surface area contributed by atoms with Crippen LogP contribution in [0.1, 0.15) is 49.0 Å². The van der Waals surface area contributed by atoms with Crippen molar-refractivity contribution >= 4 is 32.7 Å². The second-order valence-electron chi connectivity index (χ2n) is 12.9. The minimum atomic E-state index is -0.469. The normalized spacial score (nSPS) is 21.0. The van der Waals surface area contributed by atoms with Gasteiger partial charge in [-0.2, -0.15) is 0 Å². The van der Waals surface area contributed by atoms with Gasteiger partial charge in [-0.05, 0) is 98.2 Å². The van der Waals surface area contributed by atoms with Crippen LogP contribution in [-0.2, 0) is 0 Å². The van der Waals surface area contributed by atoms with E-state index in [1.54, 1.807) is 13.3 Å². The number of methoxy groups -OCH3 is 1. The van der Waals surface area contributed by atoms with E-state index >= 15 is 0 Å². The van der Waals surface area contributed by atoms with Crippen molar-refractivity contribution in [3.05, 3.63) is 108 Å². The molecule has 47 heavy (non-hydrogen) atoms. The van der Waals surface area contributed by atoms with Crippen LogP contribution in [0.2, 0.25) is 0 Å². The van der Waals surface area contributed by atoms with Crippen molar-refractivity contribution < 1.29 is 14.6 Å². The lowest BCUT2D eigenvalue weighted by Crippen LogP contribution is -2.55. The summed E-state index contributed by atoms with van der Waals surface area (Å²) in [6, 6.07) is 28.1. The quantitative estimate of drug-likeness (QED) is 0.198. The first-order valence-electron chi connectivity index (χ1n) is 16.7. The van der Waals surface area contributed by atoms with Crippen molar-refractivity contribution in [2.24, 2.45) is 11.8 Å². The van der Waals surface area contributed by atoms with E-state index in [0.717, 1.165) is 86.5 Å². The monoisotopic (exact) mass is 626 g/mol. The van der Waals surface area contributed by atoms with E-state index in [0.29, 0.717) is 11.8 Å². The van der Waals surface area contributed by atoms with Gasteiger partial charge in [-0.1, -0.05) is 49.7 Å². The maximum atomic E-state index is 11.2. The van der Waals surface area contributed by atoms with Gasteiger partial charge in [0, 0.05) is 47.1 Å². The SMILES string of the molecule is CC[C@H]1CN2CC[C@H]1C[C@H]2[C@H](O)c1ccnc2ccc(OC)cc12.Cc1cc(Oc2cc(C)c3ccccc3n2)nc2ccccc12. The smallest absolute Gasteiger partial charge is 0.222 e. The molecule has 240 valence electrons. The lowest BCUT2D eigenvalue weighted by molar-refractivity contribution is -0.0562. The molecule has 0 saturated carbocycles. The highest BCUT2D eigenvalue weighted by atomic mass is 16.5. The van der Waals surface area contributed by atoms with Gasteiger partial charge in [0.05, 0.1) is 29.8 Å². The van der Waals surface area contributed by atoms with Gasteiger partial charge in [-0.3, -0.25) is 9.88 Å². The fourth-order valence-electron chi connectivity index (χ4n) is 7.56. The Balaban J connectivity index is 0.000000150. The molecule has 6 heterocycles. The fraction of sp³-hybridized carbons (Fsp3) is 0.325. The lowest BCUT2D eigenvalue weighted by atomic mass is 9.72. The molecule has 6 aromatic rings. The third-order valence-corrected chi connectivity index (χ3v) is 10.1. The number of aliphatic hydroxyl groups is 1. The molecule has 0 amide bonds. The van der Waals surface area contributed by atoms with E-state index in [4.69, 9.17) is 9.47 Å². The number of nitrogens with zero attached hydrogens (tertiary/aromatic N) is 4. The average Bonchev–Trinajstić information content (AvgIpc) is 3.11. The van der Waals surface area contributed by atoms with E-state index in [2.05, 4.69) is 52.8 Å². The van der Waals surface area contributed by atoms with Crippen molar-refractivity contribution in [3.63, 3.8) is 0 Å². The molecular weight excluding hydrogens is 584 g/mol. The Morgan fingerprint density at radius 3 is 2.09 bits per heavy atom. The first-order valence-corrected chi connectivity index (χ1v) is 16.7. The van der Waals surface area contributed by atoms with Crippen molar-refractivity contribution in [3.8, 4) is 17.5 Å². The van der Waals surface area contributed by atoms with Crippen LogP contribution >= 0.6 is 0 Å². The summed E-state index contributed by atoms with van der Waals surface area (Å²) in [7, 11) is 1.67. The summed E-state index contributed by atoms with van der Waals surface area (Å²) >= 11 is 0. The topological polar surface area (TPSA) is 80.6 Å². The molecule has 3 saturated heterocycles. The molecule has 5 atom stereocenters. The molecule has 3 aliphatic heterocycles. The highest BCUT2D eigenvalue weighted by molar-refractivity contribution is 5.85. The van der Waals surface area contributed by atoms with Gasteiger partial charge in [0.25, 0.3) is 0 Å². The van der Waals surface area contributed by atoms with Crippen LogP contribution in [0.25, 0.3) is 32.7 Å². The van der Waals surface area contributed by atoms with E-state index < -0.39 is 6.10 Å². The zero-order valence-electron chi connectivity index (χ0n) is 27.6. The summed E-state index contributed by atoms with van der Waals surface area (Å²) in [6.07, 6.45) is 4.97. The zero-order valence-corrected chi connectivity index (χ0v) is 27.6. The number of para-hydroxylation sites is 2. The Morgan fingerprint density at radius 1 is 0.830 bits per heavy atom. The number of hydrogen-bond donors (Lipinski definition) is 1. The van der Waals surface area contributed by atoms with Crippen molar-refractivity contribution in [2.45, 2.75) is 52.2 Å². The molecule has 3 fully saturated rings. The Bertz CT molecular complexity index is 1960. The number of fused-ring (bicyclic) bond motifs is 6. The van der Waals surface area contributed by atoms with E-state index in [1.807, 2.05) is 72.8 Å². The maximum Gasteiger partial charge on any atom is 0.222 e. The second-order valence-corrected chi connectivity index (χ2v) is 12.9. The Kier molecular flexibility index (Phi) is 8.76. The molecule has 2 bridgehead atoms. The van der Waals surface area contributed by atoms with Crippen molar-refractivity contribution in [2.75, 3.05) is 20.2 Å². The molecule has 0 aliphatic carbocycles. The predicted molar refractivity (Wildman–Crippen MR) is 188 cm³/mol. The van der Waals surface area contributed by atoms with Crippen LogP contribution in [0.4, 0.5) is 0 Å². The van der Waals surface area contributed by atoms with Crippen LogP contribution in [0.15, 0.2) is 91.1 Å². The lowest BCUT2D eigenvalue weighted by Gasteiger charge is -2.51. The third kappa shape index (κ3) is 6.25. The zero-order chi connectivity index (χ0) is 32.5. The number of aliphatic hydroxyl groups excluding tert-OH is 1. The molecule has 3 aliphatic rings. The number of pyridine rings is 3. The summed E-state index contributed by atoms with van der Waals surface area (Å²) in [5.74, 6) is 3.52. The number of aromatic nitrogens is 3. The van der Waals surface area contributed by atoms with Crippen LogP contribution in [0.5, 0.6) is 17.5 Å². The van der Waals surface area contributed by atoms with Gasteiger partial charge in [-0.15, -0.1) is 0 Å². The molecule has 1 N–H and O–H groups in total. The molecule has 0 radical (unpaired) electrons. The minimum absolute atomic E-state index is 0.225. The number of rotatable bonds is 6. The van der Waals surface area contributed by atoms with Crippen molar-refractivity contribution in [1.82, 2.24) is 19.9 Å². The molecule has 3 aromatic carbocycles. The Hall–Kier alpha value is -4.59. The van der Waals surface area contributed by atoms with Crippen LogP contribution in [0.3, 0.4) is 0 Å². The molecular formula is C40H42N4O3. The van der Waals surface area contributed by atoms with E-state index in [1.165, 1.54) is 12.8 Å².